The van der Waals surface area contributed by atoms with E-state index in [0.29, 0.717) is 0 Å². The molecule has 0 bridgehead atoms. The molecule has 0 aliphatic carbocycles. The summed E-state index contributed by atoms with van der Waals surface area (Å²) in [5, 5.41) is 4.57. The smallest absolute Gasteiger partial charge is 0.0979 e. The molecular formula is C33H21N3. The van der Waals surface area contributed by atoms with Gasteiger partial charge in [0.1, 0.15) is 0 Å². The number of rotatable bonds is 3. The molecule has 7 rings (SSSR count). The zero-order valence-corrected chi connectivity index (χ0v) is 19.5. The van der Waals surface area contributed by atoms with Crippen LogP contribution in [0, 0.1) is 0 Å². The van der Waals surface area contributed by atoms with Gasteiger partial charge < -0.3 is 0 Å². The Labute approximate surface area is 208 Å². The Kier molecular flexibility index (Phi) is 4.78. The first-order valence-electron chi connectivity index (χ1n) is 12.1. The van der Waals surface area contributed by atoms with Gasteiger partial charge in [-0.3, -0.25) is 0 Å². The Morgan fingerprint density at radius 1 is 0.278 bits per heavy atom. The summed E-state index contributed by atoms with van der Waals surface area (Å²) < 4.78 is 0. The molecule has 3 nitrogen and oxygen atoms in total. The molecule has 0 fully saturated rings. The van der Waals surface area contributed by atoms with Crippen LogP contribution in [0.15, 0.2) is 127 Å². The molecule has 0 N–H and O–H groups in total. The van der Waals surface area contributed by atoms with Gasteiger partial charge in [0.15, 0.2) is 0 Å². The molecule has 0 saturated heterocycles. The predicted molar refractivity (Wildman–Crippen MR) is 149 cm³/mol. The molecule has 3 heteroatoms. The largest absolute Gasteiger partial charge is 0.246 e. The Bertz CT molecular complexity index is 1880. The van der Waals surface area contributed by atoms with Gasteiger partial charge in [-0.1, -0.05) is 91.0 Å². The van der Waals surface area contributed by atoms with E-state index in [1.54, 1.807) is 0 Å². The van der Waals surface area contributed by atoms with Crippen molar-refractivity contribution >= 4 is 32.6 Å². The minimum absolute atomic E-state index is 0.837. The Balaban J connectivity index is 1.49. The van der Waals surface area contributed by atoms with E-state index in [2.05, 4.69) is 72.8 Å². The third-order valence-corrected chi connectivity index (χ3v) is 6.67. The number of nitrogens with zero attached hydrogens (tertiary/aromatic N) is 3. The molecule has 7 aromatic rings. The SMILES string of the molecule is c1ccc(-c2cccc(-c3ccc4c5ccccc5c5ccc(-c6ccccc6)nc5c4n3)n2)cc1. The Hall–Kier alpha value is -4.89. The summed E-state index contributed by atoms with van der Waals surface area (Å²) in [5.41, 5.74) is 7.54. The van der Waals surface area contributed by atoms with E-state index in [-0.39, 0.29) is 0 Å². The van der Waals surface area contributed by atoms with Gasteiger partial charge in [-0.15, -0.1) is 0 Å². The lowest BCUT2D eigenvalue weighted by atomic mass is 9.98. The first kappa shape index (κ1) is 20.5. The molecular weight excluding hydrogens is 438 g/mol. The zero-order valence-electron chi connectivity index (χ0n) is 19.5. The van der Waals surface area contributed by atoms with Gasteiger partial charge in [0, 0.05) is 21.9 Å². The van der Waals surface area contributed by atoms with Crippen molar-refractivity contribution in [1.82, 2.24) is 15.0 Å². The molecule has 4 aromatic carbocycles. The highest BCUT2D eigenvalue weighted by Crippen LogP contribution is 2.35. The monoisotopic (exact) mass is 459 g/mol. The third-order valence-electron chi connectivity index (χ3n) is 6.67. The third kappa shape index (κ3) is 3.41. The lowest BCUT2D eigenvalue weighted by Gasteiger charge is -2.12. The summed E-state index contributed by atoms with van der Waals surface area (Å²) >= 11 is 0. The fourth-order valence-electron chi connectivity index (χ4n) is 4.93. The van der Waals surface area contributed by atoms with E-state index in [9.17, 15) is 0 Å². The van der Waals surface area contributed by atoms with Gasteiger partial charge in [0.2, 0.25) is 0 Å². The molecule has 168 valence electrons. The molecule has 0 atom stereocenters. The average Bonchev–Trinajstić information content (AvgIpc) is 2.98. The Morgan fingerprint density at radius 3 is 1.33 bits per heavy atom. The highest BCUT2D eigenvalue weighted by Gasteiger charge is 2.14. The quantitative estimate of drug-likeness (QED) is 0.249. The van der Waals surface area contributed by atoms with Crippen LogP contribution in [-0.4, -0.2) is 15.0 Å². The van der Waals surface area contributed by atoms with Crippen molar-refractivity contribution in [1.29, 1.82) is 0 Å². The molecule has 0 amide bonds. The standard InChI is InChI=1S/C33H21N3/c1-3-10-22(11-4-1)28-16-9-17-30(34-28)31-21-19-27-25-15-8-7-14-24(25)26-18-20-29(23-12-5-2-6-13-23)35-32(26)33(27)36-31/h1-21H. The van der Waals surface area contributed by atoms with Crippen molar-refractivity contribution in [3.63, 3.8) is 0 Å². The number of hydrogen-bond donors (Lipinski definition) is 0. The van der Waals surface area contributed by atoms with Gasteiger partial charge >= 0.3 is 0 Å². The van der Waals surface area contributed by atoms with Crippen molar-refractivity contribution < 1.29 is 0 Å². The van der Waals surface area contributed by atoms with Crippen LogP contribution in [0.25, 0.3) is 66.5 Å². The first-order chi connectivity index (χ1) is 17.8. The summed E-state index contributed by atoms with van der Waals surface area (Å²) in [7, 11) is 0. The fourth-order valence-corrected chi connectivity index (χ4v) is 4.93. The minimum atomic E-state index is 0.837. The highest BCUT2D eigenvalue weighted by atomic mass is 14.8. The minimum Gasteiger partial charge on any atom is -0.246 e. The normalized spacial score (nSPS) is 11.3. The van der Waals surface area contributed by atoms with Gasteiger partial charge in [0.25, 0.3) is 0 Å². The molecule has 36 heavy (non-hydrogen) atoms. The second-order valence-corrected chi connectivity index (χ2v) is 8.87. The Morgan fingerprint density at radius 2 is 0.722 bits per heavy atom. The van der Waals surface area contributed by atoms with Crippen LogP contribution >= 0.6 is 0 Å². The molecule has 0 saturated carbocycles. The van der Waals surface area contributed by atoms with E-state index in [1.807, 2.05) is 54.6 Å². The molecule has 0 aliphatic heterocycles. The second-order valence-electron chi connectivity index (χ2n) is 8.87. The number of aromatic nitrogens is 3. The summed E-state index contributed by atoms with van der Waals surface area (Å²) in [4.78, 5) is 15.3. The van der Waals surface area contributed by atoms with Crippen LogP contribution in [-0.2, 0) is 0 Å². The van der Waals surface area contributed by atoms with Crippen LogP contribution in [0.2, 0.25) is 0 Å². The lowest BCUT2D eigenvalue weighted by molar-refractivity contribution is 1.28. The molecule has 0 unspecified atom stereocenters. The molecule has 3 aromatic heterocycles. The van der Waals surface area contributed by atoms with E-state index >= 15 is 0 Å². The van der Waals surface area contributed by atoms with Gasteiger partial charge in [0.05, 0.1) is 33.8 Å². The summed E-state index contributed by atoms with van der Waals surface area (Å²) in [5.74, 6) is 0. The lowest BCUT2D eigenvalue weighted by Crippen LogP contribution is -1.94. The van der Waals surface area contributed by atoms with Crippen molar-refractivity contribution in [3.8, 4) is 33.9 Å². The molecule has 0 aliphatic rings. The van der Waals surface area contributed by atoms with E-state index < -0.39 is 0 Å². The summed E-state index contributed by atoms with van der Waals surface area (Å²) in [6, 6.07) is 43.6. The van der Waals surface area contributed by atoms with E-state index in [1.165, 1.54) is 10.8 Å². The summed E-state index contributed by atoms with van der Waals surface area (Å²) in [6.45, 7) is 0. The second kappa shape index (κ2) is 8.40. The molecule has 0 spiro atoms. The fraction of sp³-hybridized carbons (Fsp3) is 0. The molecule has 0 radical (unpaired) electrons. The van der Waals surface area contributed by atoms with Crippen LogP contribution in [0.3, 0.4) is 0 Å². The zero-order chi connectivity index (χ0) is 23.9. The number of fused-ring (bicyclic) bond motifs is 6. The number of hydrogen-bond acceptors (Lipinski definition) is 3. The maximum atomic E-state index is 5.17. The maximum Gasteiger partial charge on any atom is 0.0979 e. The van der Waals surface area contributed by atoms with Crippen LogP contribution < -0.4 is 0 Å². The predicted octanol–water partition coefficient (Wildman–Crippen LogP) is 8.33. The first-order valence-corrected chi connectivity index (χ1v) is 12.1. The highest BCUT2D eigenvalue weighted by molar-refractivity contribution is 6.23. The van der Waals surface area contributed by atoms with Crippen molar-refractivity contribution in [2.45, 2.75) is 0 Å². The van der Waals surface area contributed by atoms with Crippen LogP contribution in [0.4, 0.5) is 0 Å². The number of benzene rings is 4. The van der Waals surface area contributed by atoms with Crippen LogP contribution in [0.5, 0.6) is 0 Å². The average molecular weight is 460 g/mol. The van der Waals surface area contributed by atoms with Gasteiger partial charge in [-0.2, -0.15) is 0 Å². The molecule has 3 heterocycles. The van der Waals surface area contributed by atoms with E-state index in [0.717, 1.165) is 55.7 Å². The van der Waals surface area contributed by atoms with Crippen molar-refractivity contribution in [2.75, 3.05) is 0 Å². The van der Waals surface area contributed by atoms with Crippen molar-refractivity contribution in [3.05, 3.63) is 127 Å². The number of pyridine rings is 3. The van der Waals surface area contributed by atoms with Gasteiger partial charge in [-0.05, 0) is 47.2 Å². The maximum absolute atomic E-state index is 5.17. The van der Waals surface area contributed by atoms with Gasteiger partial charge in [-0.25, -0.2) is 15.0 Å². The van der Waals surface area contributed by atoms with Crippen molar-refractivity contribution in [2.24, 2.45) is 0 Å². The van der Waals surface area contributed by atoms with E-state index in [4.69, 9.17) is 15.0 Å². The van der Waals surface area contributed by atoms with Crippen LogP contribution in [0.1, 0.15) is 0 Å². The summed E-state index contributed by atoms with van der Waals surface area (Å²) in [6.07, 6.45) is 0. The topological polar surface area (TPSA) is 38.7 Å².